The molecular weight excluding hydrogens is 446 g/mol. The first kappa shape index (κ1) is 22.6. The summed E-state index contributed by atoms with van der Waals surface area (Å²) in [6.07, 6.45) is 6.65. The van der Waals surface area contributed by atoms with Crippen LogP contribution in [-0.4, -0.2) is 44.7 Å². The van der Waals surface area contributed by atoms with Crippen LogP contribution in [0.5, 0.6) is 0 Å². The van der Waals surface area contributed by atoms with E-state index in [1.165, 1.54) is 0 Å². The van der Waals surface area contributed by atoms with E-state index in [1.54, 1.807) is 6.20 Å². The van der Waals surface area contributed by atoms with Crippen molar-refractivity contribution in [2.45, 2.75) is 44.0 Å². The largest absolute Gasteiger partial charge is 0.376 e. The van der Waals surface area contributed by atoms with Crippen molar-refractivity contribution in [2.75, 3.05) is 18.5 Å². The predicted octanol–water partition coefficient (Wildman–Crippen LogP) is 4.06. The van der Waals surface area contributed by atoms with Crippen molar-refractivity contribution in [2.24, 2.45) is 0 Å². The van der Waals surface area contributed by atoms with E-state index in [0.29, 0.717) is 18.1 Å². The number of nitrogens with zero attached hydrogens (tertiary/aromatic N) is 3. The number of hydrogen-bond acceptors (Lipinski definition) is 4. The number of pyridine rings is 1. The molecular formula is C26H29N5O2S. The fourth-order valence-electron chi connectivity index (χ4n) is 4.80. The monoisotopic (exact) mass is 475 g/mol. The Morgan fingerprint density at radius 3 is 2.76 bits per heavy atom. The number of nitrogens with one attached hydrogen (secondary N) is 2. The third-order valence-electron chi connectivity index (χ3n) is 6.43. The Kier molecular flexibility index (Phi) is 6.87. The van der Waals surface area contributed by atoms with E-state index >= 15 is 0 Å². The van der Waals surface area contributed by atoms with E-state index < -0.39 is 0 Å². The maximum atomic E-state index is 12.7. The number of carbonyl (C=O) groups is 1. The number of carbonyl (C=O) groups excluding carboxylic acids is 1. The number of amides is 1. The van der Waals surface area contributed by atoms with Crippen LogP contribution in [0.2, 0.25) is 0 Å². The van der Waals surface area contributed by atoms with Gasteiger partial charge >= 0.3 is 0 Å². The molecule has 2 fully saturated rings. The van der Waals surface area contributed by atoms with Crippen molar-refractivity contribution >= 4 is 28.9 Å². The van der Waals surface area contributed by atoms with Crippen LogP contribution in [0.15, 0.2) is 73.1 Å². The zero-order valence-electron chi connectivity index (χ0n) is 19.0. The van der Waals surface area contributed by atoms with E-state index in [0.717, 1.165) is 43.1 Å². The molecule has 34 heavy (non-hydrogen) atoms. The summed E-state index contributed by atoms with van der Waals surface area (Å²) in [5, 5.41) is 7.08. The SMILES string of the molecule is O=C(CCN1C(=S)N[C@@H](c2ccccn2)[C@@H]1c1cccn1C[C@@H]1CCCO1)Nc1ccccc1. The maximum absolute atomic E-state index is 12.7. The Labute approximate surface area is 205 Å². The van der Waals surface area contributed by atoms with Gasteiger partial charge in [-0.15, -0.1) is 0 Å². The molecule has 1 amide bonds. The molecule has 0 bridgehead atoms. The second-order valence-electron chi connectivity index (χ2n) is 8.70. The molecule has 2 saturated heterocycles. The molecule has 5 rings (SSSR count). The van der Waals surface area contributed by atoms with E-state index in [2.05, 4.69) is 43.4 Å². The first-order valence-corrected chi connectivity index (χ1v) is 12.2. The van der Waals surface area contributed by atoms with Gasteiger partial charge in [-0.2, -0.15) is 0 Å². The highest BCUT2D eigenvalue weighted by Crippen LogP contribution is 2.39. The highest BCUT2D eigenvalue weighted by molar-refractivity contribution is 7.80. The number of para-hydroxylation sites is 1. The van der Waals surface area contributed by atoms with Crippen LogP contribution in [-0.2, 0) is 16.1 Å². The van der Waals surface area contributed by atoms with Crippen LogP contribution in [0.1, 0.15) is 42.7 Å². The summed E-state index contributed by atoms with van der Waals surface area (Å²) in [6.45, 7) is 2.14. The number of anilines is 1. The molecule has 2 aliphatic rings. The van der Waals surface area contributed by atoms with Gasteiger partial charge in [-0.05, 0) is 61.5 Å². The summed E-state index contributed by atoms with van der Waals surface area (Å²) >= 11 is 5.76. The molecule has 0 spiro atoms. The zero-order valence-corrected chi connectivity index (χ0v) is 19.8. The molecule has 1 aromatic carbocycles. The lowest BCUT2D eigenvalue weighted by atomic mass is 10.0. The van der Waals surface area contributed by atoms with Gasteiger partial charge in [-0.25, -0.2) is 0 Å². The number of thiocarbonyl (C=S) groups is 1. The molecule has 3 atom stereocenters. The fourth-order valence-corrected chi connectivity index (χ4v) is 5.14. The van der Waals surface area contributed by atoms with Gasteiger partial charge in [0.15, 0.2) is 5.11 Å². The Morgan fingerprint density at radius 1 is 1.15 bits per heavy atom. The van der Waals surface area contributed by atoms with Crippen molar-refractivity contribution in [1.29, 1.82) is 0 Å². The van der Waals surface area contributed by atoms with Crippen LogP contribution in [0.25, 0.3) is 0 Å². The Hall–Kier alpha value is -3.23. The quantitative estimate of drug-likeness (QED) is 0.479. The van der Waals surface area contributed by atoms with Gasteiger partial charge in [0, 0.05) is 49.9 Å². The Morgan fingerprint density at radius 2 is 2.00 bits per heavy atom. The third-order valence-corrected chi connectivity index (χ3v) is 6.78. The Bertz CT molecular complexity index is 1110. The van der Waals surface area contributed by atoms with Gasteiger partial charge in [0.05, 0.1) is 23.9 Å². The number of aromatic nitrogens is 2. The predicted molar refractivity (Wildman–Crippen MR) is 135 cm³/mol. The van der Waals surface area contributed by atoms with Gasteiger partial charge in [0.1, 0.15) is 0 Å². The average Bonchev–Trinajstić information content (AvgIpc) is 3.60. The summed E-state index contributed by atoms with van der Waals surface area (Å²) in [7, 11) is 0. The van der Waals surface area contributed by atoms with Crippen LogP contribution < -0.4 is 10.6 Å². The van der Waals surface area contributed by atoms with Crippen molar-refractivity contribution in [3.05, 3.63) is 84.4 Å². The minimum Gasteiger partial charge on any atom is -0.376 e. The van der Waals surface area contributed by atoms with Gasteiger partial charge in [-0.3, -0.25) is 9.78 Å². The third kappa shape index (κ3) is 4.98. The van der Waals surface area contributed by atoms with E-state index in [1.807, 2.05) is 48.5 Å². The van der Waals surface area contributed by atoms with Gasteiger partial charge in [-0.1, -0.05) is 24.3 Å². The number of ether oxygens (including phenoxy) is 1. The molecule has 0 saturated carbocycles. The fraction of sp³-hybridized carbons (Fsp3) is 0.346. The standard InChI is InChI=1S/C26H29N5O2S/c32-23(28-19-8-2-1-3-9-19)13-16-31-25(24(29-26(31)34)21-11-4-5-14-27-21)22-12-6-15-30(22)18-20-10-7-17-33-20/h1-6,8-9,11-12,14-15,20,24-25H,7,10,13,16-18H2,(H,28,32)(H,29,34)/t20-,24-,25-/m0/s1. The molecule has 3 aromatic rings. The van der Waals surface area contributed by atoms with Gasteiger partial charge in [0.25, 0.3) is 0 Å². The molecule has 4 heterocycles. The van der Waals surface area contributed by atoms with Gasteiger partial charge in [0.2, 0.25) is 5.91 Å². The molecule has 0 radical (unpaired) electrons. The average molecular weight is 476 g/mol. The zero-order chi connectivity index (χ0) is 23.3. The second kappa shape index (κ2) is 10.4. The van der Waals surface area contributed by atoms with Gasteiger partial charge < -0.3 is 24.8 Å². The van der Waals surface area contributed by atoms with E-state index in [9.17, 15) is 4.79 Å². The van der Waals surface area contributed by atoms with Crippen LogP contribution >= 0.6 is 12.2 Å². The lowest BCUT2D eigenvalue weighted by Gasteiger charge is -2.29. The van der Waals surface area contributed by atoms with Crippen LogP contribution in [0, 0.1) is 0 Å². The van der Waals surface area contributed by atoms with Crippen LogP contribution in [0.4, 0.5) is 5.69 Å². The van der Waals surface area contributed by atoms with Crippen molar-refractivity contribution < 1.29 is 9.53 Å². The highest BCUT2D eigenvalue weighted by Gasteiger charge is 2.41. The summed E-state index contributed by atoms with van der Waals surface area (Å²) < 4.78 is 8.16. The lowest BCUT2D eigenvalue weighted by Crippen LogP contribution is -2.33. The minimum atomic E-state index is -0.107. The highest BCUT2D eigenvalue weighted by atomic mass is 32.1. The minimum absolute atomic E-state index is 0.0382. The molecule has 0 unspecified atom stereocenters. The summed E-state index contributed by atoms with van der Waals surface area (Å²) in [6, 6.07) is 19.5. The van der Waals surface area contributed by atoms with E-state index in [-0.39, 0.29) is 24.1 Å². The topological polar surface area (TPSA) is 71.4 Å². The van der Waals surface area contributed by atoms with Crippen molar-refractivity contribution in [3.8, 4) is 0 Å². The summed E-state index contributed by atoms with van der Waals surface area (Å²) in [4.78, 5) is 19.4. The Balaban J connectivity index is 1.38. The summed E-state index contributed by atoms with van der Waals surface area (Å²) in [5.41, 5.74) is 2.86. The number of benzene rings is 1. The first-order chi connectivity index (χ1) is 16.7. The molecule has 8 heteroatoms. The molecule has 2 N–H and O–H groups in total. The first-order valence-electron chi connectivity index (χ1n) is 11.8. The second-order valence-corrected chi connectivity index (χ2v) is 9.09. The maximum Gasteiger partial charge on any atom is 0.226 e. The molecule has 2 aromatic heterocycles. The lowest BCUT2D eigenvalue weighted by molar-refractivity contribution is -0.116. The number of hydrogen-bond donors (Lipinski definition) is 2. The van der Waals surface area contributed by atoms with Crippen molar-refractivity contribution in [1.82, 2.24) is 19.8 Å². The van der Waals surface area contributed by atoms with Crippen molar-refractivity contribution in [3.63, 3.8) is 0 Å². The normalized spacial score (nSPS) is 22.1. The molecule has 0 aliphatic carbocycles. The molecule has 2 aliphatic heterocycles. The molecule has 176 valence electrons. The smallest absolute Gasteiger partial charge is 0.226 e. The molecule has 7 nitrogen and oxygen atoms in total. The van der Waals surface area contributed by atoms with E-state index in [4.69, 9.17) is 17.0 Å². The summed E-state index contributed by atoms with van der Waals surface area (Å²) in [5.74, 6) is -0.0382. The number of rotatable bonds is 8. The van der Waals surface area contributed by atoms with Crippen LogP contribution in [0.3, 0.4) is 0 Å².